The molecule has 0 atom stereocenters. The molecule has 4 rings (SSSR count). The van der Waals surface area contributed by atoms with Crippen LogP contribution in [0.15, 0.2) is 36.7 Å². The molecule has 1 aliphatic rings. The van der Waals surface area contributed by atoms with Gasteiger partial charge in [-0.1, -0.05) is 6.07 Å². The van der Waals surface area contributed by atoms with E-state index in [1.54, 1.807) is 12.4 Å². The van der Waals surface area contributed by atoms with E-state index in [-0.39, 0.29) is 6.10 Å². The van der Waals surface area contributed by atoms with Crippen LogP contribution in [-0.2, 0) is 0 Å². The van der Waals surface area contributed by atoms with E-state index in [0.717, 1.165) is 48.8 Å². The number of nitrogens with one attached hydrogen (secondary N) is 1. The van der Waals surface area contributed by atoms with E-state index in [0.29, 0.717) is 11.0 Å². The van der Waals surface area contributed by atoms with Gasteiger partial charge >= 0.3 is 0 Å². The second kappa shape index (κ2) is 7.98. The highest BCUT2D eigenvalue weighted by Gasteiger charge is 2.18. The Kier molecular flexibility index (Phi) is 5.26. The Morgan fingerprint density at radius 2 is 2.04 bits per heavy atom. The third-order valence-corrected chi connectivity index (χ3v) is 5.23. The second-order valence-corrected chi connectivity index (χ2v) is 7.47. The first-order valence-corrected chi connectivity index (χ1v) is 9.79. The van der Waals surface area contributed by atoms with Crippen molar-refractivity contribution in [3.05, 3.63) is 42.2 Å². The molecule has 27 heavy (non-hydrogen) atoms. The van der Waals surface area contributed by atoms with E-state index in [1.807, 2.05) is 31.2 Å². The zero-order valence-electron chi connectivity index (χ0n) is 15.4. The van der Waals surface area contributed by atoms with E-state index in [1.165, 1.54) is 11.5 Å². The molecule has 7 nitrogen and oxygen atoms in total. The second-order valence-electron chi connectivity index (χ2n) is 6.72. The van der Waals surface area contributed by atoms with Gasteiger partial charge < -0.3 is 15.0 Å². The van der Waals surface area contributed by atoms with Gasteiger partial charge in [-0.05, 0) is 50.6 Å². The summed E-state index contributed by atoms with van der Waals surface area (Å²) in [6.07, 6.45) is 5.87. The number of anilines is 2. The van der Waals surface area contributed by atoms with Gasteiger partial charge in [0.2, 0.25) is 5.13 Å². The summed E-state index contributed by atoms with van der Waals surface area (Å²) in [5.41, 5.74) is 1.79. The maximum absolute atomic E-state index is 6.04. The van der Waals surface area contributed by atoms with Crippen LogP contribution in [0.1, 0.15) is 18.4 Å². The molecule has 0 aromatic carbocycles. The third-order valence-electron chi connectivity index (χ3n) is 4.59. The average Bonchev–Trinajstić information content (AvgIpc) is 3.15. The largest absolute Gasteiger partial charge is 0.489 e. The molecular weight excluding hydrogens is 360 g/mol. The van der Waals surface area contributed by atoms with Gasteiger partial charge in [-0.2, -0.15) is 9.36 Å². The molecule has 1 fully saturated rings. The highest BCUT2D eigenvalue weighted by molar-refractivity contribution is 7.09. The van der Waals surface area contributed by atoms with E-state index in [9.17, 15) is 0 Å². The van der Waals surface area contributed by atoms with Gasteiger partial charge in [0.25, 0.3) is 0 Å². The van der Waals surface area contributed by atoms with Gasteiger partial charge in [0.15, 0.2) is 5.82 Å². The smallest absolute Gasteiger partial charge is 0.208 e. The van der Waals surface area contributed by atoms with E-state index < -0.39 is 0 Å². The van der Waals surface area contributed by atoms with Crippen molar-refractivity contribution < 1.29 is 4.74 Å². The Balaban J connectivity index is 1.40. The lowest BCUT2D eigenvalue weighted by Crippen LogP contribution is -2.35. The number of likely N-dealkylation sites (tertiary alicyclic amines) is 1. The summed E-state index contributed by atoms with van der Waals surface area (Å²) in [6, 6.07) is 7.76. The highest BCUT2D eigenvalue weighted by atomic mass is 32.1. The number of rotatable bonds is 5. The number of aromatic nitrogens is 4. The van der Waals surface area contributed by atoms with E-state index in [2.05, 4.69) is 36.6 Å². The van der Waals surface area contributed by atoms with Crippen molar-refractivity contribution in [2.24, 2.45) is 0 Å². The fourth-order valence-corrected chi connectivity index (χ4v) is 3.55. The first kappa shape index (κ1) is 17.8. The zero-order valence-corrected chi connectivity index (χ0v) is 16.2. The summed E-state index contributed by atoms with van der Waals surface area (Å²) in [5.74, 6) is 2.18. The number of aryl methyl sites for hydroxylation is 1. The number of pyridine rings is 2. The molecule has 3 aromatic rings. The standard InChI is InChI=1S/C19H22N6OS/c1-13-4-3-9-20-17(13)22-19-23-18(24-27-19)16-6-5-15(12-21-16)26-14-7-10-25(2)11-8-14/h3-6,9,12,14H,7-8,10-11H2,1-2H3,(H,20,22,23,24). The fourth-order valence-electron chi connectivity index (χ4n) is 2.97. The molecule has 0 saturated carbocycles. The Morgan fingerprint density at radius 1 is 1.19 bits per heavy atom. The van der Waals surface area contributed by atoms with Crippen molar-refractivity contribution in [1.82, 2.24) is 24.2 Å². The molecule has 0 unspecified atom stereocenters. The predicted octanol–water partition coefficient (Wildman–Crippen LogP) is 3.52. The number of hydrogen-bond donors (Lipinski definition) is 1. The minimum atomic E-state index is 0.267. The van der Waals surface area contributed by atoms with Crippen LogP contribution in [0.4, 0.5) is 10.9 Å². The van der Waals surface area contributed by atoms with Crippen molar-refractivity contribution >= 4 is 22.5 Å². The van der Waals surface area contributed by atoms with E-state index >= 15 is 0 Å². The molecule has 1 aliphatic heterocycles. The lowest BCUT2D eigenvalue weighted by Gasteiger charge is -2.29. The van der Waals surface area contributed by atoms with Gasteiger partial charge in [0, 0.05) is 30.8 Å². The Morgan fingerprint density at radius 3 is 2.78 bits per heavy atom. The van der Waals surface area contributed by atoms with Gasteiger partial charge in [0.1, 0.15) is 23.4 Å². The maximum atomic E-state index is 6.04. The molecule has 0 bridgehead atoms. The summed E-state index contributed by atoms with van der Waals surface area (Å²) in [5, 5.41) is 3.90. The lowest BCUT2D eigenvalue weighted by molar-refractivity contribution is 0.114. The minimum Gasteiger partial charge on any atom is -0.489 e. The third kappa shape index (κ3) is 4.40. The monoisotopic (exact) mass is 382 g/mol. The van der Waals surface area contributed by atoms with Crippen molar-refractivity contribution in [1.29, 1.82) is 0 Å². The van der Waals surface area contributed by atoms with Crippen molar-refractivity contribution in [3.63, 3.8) is 0 Å². The summed E-state index contributed by atoms with van der Waals surface area (Å²) >= 11 is 1.29. The predicted molar refractivity (Wildman–Crippen MR) is 107 cm³/mol. The molecule has 8 heteroatoms. The van der Waals surface area contributed by atoms with Gasteiger partial charge in [-0.15, -0.1) is 0 Å². The first-order chi connectivity index (χ1) is 13.2. The normalized spacial score (nSPS) is 15.6. The number of ether oxygens (including phenoxy) is 1. The topological polar surface area (TPSA) is 76.1 Å². The maximum Gasteiger partial charge on any atom is 0.208 e. The van der Waals surface area contributed by atoms with Crippen LogP contribution in [0.5, 0.6) is 5.75 Å². The number of nitrogens with zero attached hydrogens (tertiary/aromatic N) is 5. The summed E-state index contributed by atoms with van der Waals surface area (Å²) in [4.78, 5) is 15.6. The molecule has 3 aromatic heterocycles. The Hall–Kier alpha value is -2.58. The van der Waals surface area contributed by atoms with Crippen LogP contribution in [0.25, 0.3) is 11.5 Å². The molecular formula is C19H22N6OS. The van der Waals surface area contributed by atoms with Crippen molar-refractivity contribution in [3.8, 4) is 17.3 Å². The van der Waals surface area contributed by atoms with Gasteiger partial charge in [-0.3, -0.25) is 0 Å². The average molecular weight is 382 g/mol. The van der Waals surface area contributed by atoms with Gasteiger partial charge in [0.05, 0.1) is 6.20 Å². The molecule has 1 saturated heterocycles. The zero-order chi connectivity index (χ0) is 18.6. The quantitative estimate of drug-likeness (QED) is 0.723. The Bertz CT molecular complexity index is 889. The first-order valence-electron chi connectivity index (χ1n) is 9.01. The number of hydrogen-bond acceptors (Lipinski definition) is 8. The lowest BCUT2D eigenvalue weighted by atomic mass is 10.1. The molecule has 140 valence electrons. The number of piperidine rings is 1. The molecule has 0 spiro atoms. The fraction of sp³-hybridized carbons (Fsp3) is 0.368. The minimum absolute atomic E-state index is 0.267. The van der Waals surface area contributed by atoms with Crippen LogP contribution in [0, 0.1) is 6.92 Å². The Labute approximate surface area is 162 Å². The SMILES string of the molecule is Cc1cccnc1Nc1nc(-c2ccc(OC3CCN(C)CC3)cn2)ns1. The highest BCUT2D eigenvalue weighted by Crippen LogP contribution is 2.25. The van der Waals surface area contributed by atoms with Crippen molar-refractivity contribution in [2.45, 2.75) is 25.9 Å². The van der Waals surface area contributed by atoms with Crippen LogP contribution >= 0.6 is 11.5 Å². The van der Waals surface area contributed by atoms with Crippen LogP contribution < -0.4 is 10.1 Å². The molecule has 4 heterocycles. The summed E-state index contributed by atoms with van der Waals surface area (Å²) < 4.78 is 10.4. The van der Waals surface area contributed by atoms with Crippen LogP contribution in [-0.4, -0.2) is 50.5 Å². The van der Waals surface area contributed by atoms with Crippen LogP contribution in [0.3, 0.4) is 0 Å². The summed E-state index contributed by atoms with van der Waals surface area (Å²) in [7, 11) is 2.14. The molecule has 0 radical (unpaired) electrons. The van der Waals surface area contributed by atoms with Crippen molar-refractivity contribution in [2.75, 3.05) is 25.5 Å². The van der Waals surface area contributed by atoms with Gasteiger partial charge in [-0.25, -0.2) is 9.97 Å². The van der Waals surface area contributed by atoms with Crippen LogP contribution in [0.2, 0.25) is 0 Å². The molecule has 1 N–H and O–H groups in total. The molecule has 0 amide bonds. The molecule has 0 aliphatic carbocycles. The summed E-state index contributed by atoms with van der Waals surface area (Å²) in [6.45, 7) is 4.15. The van der Waals surface area contributed by atoms with E-state index in [4.69, 9.17) is 4.74 Å².